The van der Waals surface area contributed by atoms with E-state index >= 15 is 0 Å². The summed E-state index contributed by atoms with van der Waals surface area (Å²) in [7, 11) is 0. The quantitative estimate of drug-likeness (QED) is 0.524. The second-order valence-electron chi connectivity index (χ2n) is 8.20. The highest BCUT2D eigenvalue weighted by molar-refractivity contribution is 7.99. The molecule has 1 atom stereocenters. The number of hydrogen-bond donors (Lipinski definition) is 1. The second kappa shape index (κ2) is 9.87. The van der Waals surface area contributed by atoms with Gasteiger partial charge in [-0.1, -0.05) is 42.1 Å². The van der Waals surface area contributed by atoms with E-state index in [-0.39, 0.29) is 11.4 Å². The maximum Gasteiger partial charge on any atom is 0.257 e. The maximum atomic E-state index is 13.2. The summed E-state index contributed by atoms with van der Waals surface area (Å²) >= 11 is 3.49. The third kappa shape index (κ3) is 4.69. The number of amides is 1. The van der Waals surface area contributed by atoms with Crippen LogP contribution in [0.1, 0.15) is 22.3 Å². The van der Waals surface area contributed by atoms with Gasteiger partial charge in [0.2, 0.25) is 0 Å². The first-order chi connectivity index (χ1) is 15.7. The molecule has 3 heterocycles. The predicted octanol–water partition coefficient (Wildman–Crippen LogP) is 4.06. The molecule has 2 fully saturated rings. The molecule has 0 spiro atoms. The van der Waals surface area contributed by atoms with Crippen LogP contribution < -0.4 is 5.32 Å². The first-order valence-electron chi connectivity index (χ1n) is 11.0. The van der Waals surface area contributed by atoms with E-state index in [2.05, 4.69) is 15.2 Å². The van der Waals surface area contributed by atoms with Crippen LogP contribution in [0.4, 0.5) is 0 Å². The number of ether oxygens (including phenoxy) is 1. The maximum absolute atomic E-state index is 13.2. The molecule has 0 saturated carbocycles. The smallest absolute Gasteiger partial charge is 0.257 e. The highest BCUT2D eigenvalue weighted by Crippen LogP contribution is 2.34. The van der Waals surface area contributed by atoms with Gasteiger partial charge in [-0.2, -0.15) is 11.8 Å². The number of morpholine rings is 1. The first-order valence-corrected chi connectivity index (χ1v) is 13.1. The van der Waals surface area contributed by atoms with Crippen LogP contribution in [0.5, 0.6) is 0 Å². The van der Waals surface area contributed by atoms with E-state index in [1.165, 1.54) is 11.8 Å². The van der Waals surface area contributed by atoms with Crippen molar-refractivity contribution in [2.24, 2.45) is 0 Å². The molecule has 5 rings (SSSR count). The zero-order valence-electron chi connectivity index (χ0n) is 17.9. The Morgan fingerprint density at radius 1 is 1.16 bits per heavy atom. The molecule has 0 bridgehead atoms. The Labute approximate surface area is 196 Å². The lowest BCUT2D eigenvalue weighted by molar-refractivity contribution is -0.0129. The monoisotopic (exact) mass is 469 g/mol. The van der Waals surface area contributed by atoms with E-state index in [1.54, 1.807) is 0 Å². The largest absolute Gasteiger partial charge is 0.431 e. The van der Waals surface area contributed by atoms with Crippen LogP contribution in [0.3, 0.4) is 0 Å². The number of benzene rings is 2. The Bertz CT molecular complexity index is 1040. The minimum absolute atomic E-state index is 0.0108. The molecule has 2 aromatic carbocycles. The number of carbonyl (C=O) groups excluding carboxylic acids is 1. The van der Waals surface area contributed by atoms with Gasteiger partial charge in [0.1, 0.15) is 5.52 Å². The Balaban J connectivity index is 1.26. The SMILES string of the molecule is O=C(NCC1(N2CCOCC2)CCSC1)c1ccccc1CSc1nc2ccccc2o1. The average molecular weight is 470 g/mol. The Morgan fingerprint density at radius 2 is 1.97 bits per heavy atom. The summed E-state index contributed by atoms with van der Waals surface area (Å²) in [4.78, 5) is 20.2. The zero-order chi connectivity index (χ0) is 21.8. The van der Waals surface area contributed by atoms with Crippen molar-refractivity contribution in [2.45, 2.75) is 22.9 Å². The molecule has 0 aliphatic carbocycles. The van der Waals surface area contributed by atoms with E-state index in [4.69, 9.17) is 9.15 Å². The molecule has 1 amide bonds. The van der Waals surface area contributed by atoms with Crippen LogP contribution in [0.15, 0.2) is 58.2 Å². The van der Waals surface area contributed by atoms with Crippen LogP contribution >= 0.6 is 23.5 Å². The summed E-state index contributed by atoms with van der Waals surface area (Å²) in [5.74, 6) is 2.82. The molecule has 168 valence electrons. The Morgan fingerprint density at radius 3 is 2.78 bits per heavy atom. The molecule has 2 saturated heterocycles. The summed E-state index contributed by atoms with van der Waals surface area (Å²) in [6, 6.07) is 15.6. The molecule has 1 N–H and O–H groups in total. The first kappa shape index (κ1) is 21.8. The molecule has 1 aromatic heterocycles. The molecule has 0 radical (unpaired) electrons. The van der Waals surface area contributed by atoms with Crippen LogP contribution in [0.2, 0.25) is 0 Å². The lowest BCUT2D eigenvalue weighted by Gasteiger charge is -2.43. The third-order valence-corrected chi connectivity index (χ3v) is 8.34. The van der Waals surface area contributed by atoms with Crippen molar-refractivity contribution in [1.82, 2.24) is 15.2 Å². The summed E-state index contributed by atoms with van der Waals surface area (Å²) in [5.41, 5.74) is 3.37. The number of aromatic nitrogens is 1. The molecule has 2 aliphatic heterocycles. The van der Waals surface area contributed by atoms with Gasteiger partial charge in [0, 0.05) is 42.2 Å². The minimum Gasteiger partial charge on any atom is -0.431 e. The molecule has 6 nitrogen and oxygen atoms in total. The van der Waals surface area contributed by atoms with Gasteiger partial charge in [-0.05, 0) is 35.9 Å². The van der Waals surface area contributed by atoms with Gasteiger partial charge in [0.05, 0.1) is 13.2 Å². The normalized spacial score (nSPS) is 21.8. The predicted molar refractivity (Wildman–Crippen MR) is 129 cm³/mol. The molecule has 32 heavy (non-hydrogen) atoms. The van der Waals surface area contributed by atoms with Gasteiger partial charge in [-0.15, -0.1) is 0 Å². The van der Waals surface area contributed by atoms with Crippen molar-refractivity contribution < 1.29 is 13.9 Å². The molecular formula is C24H27N3O3S2. The van der Waals surface area contributed by atoms with Crippen LogP contribution in [0, 0.1) is 0 Å². The number of nitrogens with one attached hydrogen (secondary N) is 1. The van der Waals surface area contributed by atoms with Gasteiger partial charge < -0.3 is 14.5 Å². The summed E-state index contributed by atoms with van der Waals surface area (Å²) in [5, 5.41) is 3.88. The van der Waals surface area contributed by atoms with Gasteiger partial charge in [-0.3, -0.25) is 9.69 Å². The number of hydrogen-bond acceptors (Lipinski definition) is 7. The van der Waals surface area contributed by atoms with Crippen molar-refractivity contribution >= 4 is 40.5 Å². The van der Waals surface area contributed by atoms with Crippen molar-refractivity contribution in [2.75, 3.05) is 44.4 Å². The number of oxazole rings is 1. The van der Waals surface area contributed by atoms with Crippen molar-refractivity contribution in [3.05, 3.63) is 59.7 Å². The highest BCUT2D eigenvalue weighted by atomic mass is 32.2. The fourth-order valence-corrected chi connectivity index (χ4v) is 6.71. The highest BCUT2D eigenvalue weighted by Gasteiger charge is 2.41. The van der Waals surface area contributed by atoms with Crippen molar-refractivity contribution in [3.63, 3.8) is 0 Å². The Hall–Kier alpha value is -2.00. The van der Waals surface area contributed by atoms with E-state index < -0.39 is 0 Å². The number of carbonyl (C=O) groups is 1. The van der Waals surface area contributed by atoms with Gasteiger partial charge in [0.25, 0.3) is 11.1 Å². The fourth-order valence-electron chi connectivity index (χ4n) is 4.39. The van der Waals surface area contributed by atoms with E-state index in [1.807, 2.05) is 60.3 Å². The molecular weight excluding hydrogens is 442 g/mol. The minimum atomic E-state index is -0.0108. The number of nitrogens with zero attached hydrogens (tertiary/aromatic N) is 2. The van der Waals surface area contributed by atoms with Gasteiger partial charge in [0.15, 0.2) is 5.58 Å². The van der Waals surface area contributed by atoms with Crippen molar-refractivity contribution in [3.8, 4) is 0 Å². The summed E-state index contributed by atoms with van der Waals surface area (Å²) in [6.07, 6.45) is 1.10. The van der Waals surface area contributed by atoms with Crippen LogP contribution in [-0.2, 0) is 10.5 Å². The zero-order valence-corrected chi connectivity index (χ0v) is 19.6. The second-order valence-corrected chi connectivity index (χ2v) is 10.2. The number of rotatable bonds is 7. The molecule has 3 aromatic rings. The van der Waals surface area contributed by atoms with E-state index in [9.17, 15) is 4.79 Å². The lowest BCUT2D eigenvalue weighted by Crippen LogP contribution is -2.59. The van der Waals surface area contributed by atoms with Crippen LogP contribution in [0.25, 0.3) is 11.1 Å². The van der Waals surface area contributed by atoms with Crippen LogP contribution in [-0.4, -0.2) is 65.7 Å². The van der Waals surface area contributed by atoms with Gasteiger partial charge >= 0.3 is 0 Å². The number of para-hydroxylation sites is 2. The Kier molecular flexibility index (Phi) is 6.73. The molecule has 1 unspecified atom stereocenters. The van der Waals surface area contributed by atoms with E-state index in [0.717, 1.165) is 66.5 Å². The lowest BCUT2D eigenvalue weighted by atomic mass is 9.95. The topological polar surface area (TPSA) is 67.6 Å². The summed E-state index contributed by atoms with van der Waals surface area (Å²) in [6.45, 7) is 4.10. The average Bonchev–Trinajstić information content (AvgIpc) is 3.49. The molecule has 2 aliphatic rings. The van der Waals surface area contributed by atoms with Gasteiger partial charge in [-0.25, -0.2) is 4.98 Å². The summed E-state index contributed by atoms with van der Waals surface area (Å²) < 4.78 is 11.4. The third-order valence-electron chi connectivity index (χ3n) is 6.23. The molecule has 8 heteroatoms. The number of thioether (sulfide) groups is 2. The number of fused-ring (bicyclic) bond motifs is 1. The van der Waals surface area contributed by atoms with E-state index in [0.29, 0.717) is 17.5 Å². The van der Waals surface area contributed by atoms with Crippen molar-refractivity contribution in [1.29, 1.82) is 0 Å². The fraction of sp³-hybridized carbons (Fsp3) is 0.417. The standard InChI is InChI=1S/C24H27N3O3S2/c28-22(25-16-24(9-14-31-17-24)27-10-12-29-13-11-27)19-6-2-1-5-18(19)15-32-23-26-20-7-3-4-8-21(20)30-23/h1-8H,9-17H2,(H,25,28).